The summed E-state index contributed by atoms with van der Waals surface area (Å²) in [6.45, 7) is 3.07. The van der Waals surface area contributed by atoms with Crippen molar-refractivity contribution in [1.82, 2.24) is 0 Å². The lowest BCUT2D eigenvalue weighted by atomic mass is 10.0. The van der Waals surface area contributed by atoms with Crippen molar-refractivity contribution >= 4 is 67.5 Å². The van der Waals surface area contributed by atoms with Gasteiger partial charge in [-0.1, -0.05) is 35.3 Å². The van der Waals surface area contributed by atoms with E-state index in [9.17, 15) is 23.1 Å². The number of Topliss-reactive ketones (excluding diaryl/α,β-unsaturated/α-hetero) is 1. The van der Waals surface area contributed by atoms with E-state index in [1.807, 2.05) is 0 Å². The maximum atomic E-state index is 12.8. The molecule has 0 saturated heterocycles. The summed E-state index contributed by atoms with van der Waals surface area (Å²) in [7, 11) is -3.63. The summed E-state index contributed by atoms with van der Waals surface area (Å²) in [5.41, 5.74) is 1.21. The zero-order chi connectivity index (χ0) is 22.2. The van der Waals surface area contributed by atoms with Crippen molar-refractivity contribution in [3.05, 3.63) is 60.4 Å². The van der Waals surface area contributed by atoms with Gasteiger partial charge >= 0.3 is 5.97 Å². The van der Waals surface area contributed by atoms with Gasteiger partial charge in [0.15, 0.2) is 15.6 Å². The topological polar surface area (TPSA) is 88.5 Å². The van der Waals surface area contributed by atoms with Crippen molar-refractivity contribution in [2.75, 3.05) is 0 Å². The Hall–Kier alpha value is -1.71. The lowest BCUT2D eigenvalue weighted by molar-refractivity contribution is 0.0697. The van der Waals surface area contributed by atoms with Crippen LogP contribution in [0.15, 0.2) is 39.9 Å². The maximum Gasteiger partial charge on any atom is 0.337 e. The van der Waals surface area contributed by atoms with Crippen LogP contribution in [-0.2, 0) is 16.3 Å². The number of aromatic carboxylic acids is 1. The SMILES string of the molecule is CC(C)S(=O)(=O)c1csc(C(=O)Cc2scc(-c3ccc(Cl)cc3)c2C(=O)O)c1Cl. The van der Waals surface area contributed by atoms with Gasteiger partial charge in [0.25, 0.3) is 0 Å². The van der Waals surface area contributed by atoms with Crippen molar-refractivity contribution in [2.24, 2.45) is 0 Å². The monoisotopic (exact) mass is 502 g/mol. The number of thiophene rings is 2. The normalized spacial score (nSPS) is 11.8. The molecular weight excluding hydrogens is 487 g/mol. The second-order valence-corrected chi connectivity index (χ2v) is 11.8. The lowest BCUT2D eigenvalue weighted by Gasteiger charge is -2.06. The van der Waals surface area contributed by atoms with Crippen LogP contribution in [0.4, 0.5) is 0 Å². The molecule has 1 N–H and O–H groups in total. The van der Waals surface area contributed by atoms with E-state index in [0.717, 1.165) is 22.7 Å². The van der Waals surface area contributed by atoms with Crippen molar-refractivity contribution in [3.63, 3.8) is 0 Å². The van der Waals surface area contributed by atoms with Crippen molar-refractivity contribution in [3.8, 4) is 11.1 Å². The molecule has 0 unspecified atom stereocenters. The molecule has 2 aromatic heterocycles. The van der Waals surface area contributed by atoms with Gasteiger partial charge in [0, 0.05) is 27.3 Å². The quantitative estimate of drug-likeness (QED) is 0.394. The molecule has 30 heavy (non-hydrogen) atoms. The van der Waals surface area contributed by atoms with E-state index in [2.05, 4.69) is 0 Å². The molecule has 0 aliphatic carbocycles. The summed E-state index contributed by atoms with van der Waals surface area (Å²) in [6, 6.07) is 6.74. The summed E-state index contributed by atoms with van der Waals surface area (Å²) in [4.78, 5) is 25.1. The highest BCUT2D eigenvalue weighted by molar-refractivity contribution is 7.92. The molecular formula is C20H16Cl2O5S3. The number of hydrogen-bond acceptors (Lipinski definition) is 6. The molecule has 3 rings (SSSR count). The van der Waals surface area contributed by atoms with E-state index in [0.29, 0.717) is 21.0 Å². The Morgan fingerprint density at radius 1 is 1.07 bits per heavy atom. The zero-order valence-corrected chi connectivity index (χ0v) is 19.8. The van der Waals surface area contributed by atoms with Crippen LogP contribution in [-0.4, -0.2) is 30.5 Å². The Morgan fingerprint density at radius 2 is 1.70 bits per heavy atom. The molecule has 0 aliphatic rings. The highest BCUT2D eigenvalue weighted by Crippen LogP contribution is 2.37. The van der Waals surface area contributed by atoms with Crippen molar-refractivity contribution in [2.45, 2.75) is 30.4 Å². The second kappa shape index (κ2) is 8.80. The van der Waals surface area contributed by atoms with Gasteiger partial charge in [0.1, 0.15) is 0 Å². The van der Waals surface area contributed by atoms with Gasteiger partial charge in [-0.25, -0.2) is 13.2 Å². The van der Waals surface area contributed by atoms with Gasteiger partial charge in [-0.05, 0) is 36.9 Å². The molecule has 5 nitrogen and oxygen atoms in total. The first kappa shape index (κ1) is 23.0. The fourth-order valence-corrected chi connectivity index (χ4v) is 7.01. The number of carbonyl (C=O) groups is 2. The number of halogens is 2. The molecule has 0 atom stereocenters. The van der Waals surface area contributed by atoms with Crippen LogP contribution in [0.2, 0.25) is 10.0 Å². The van der Waals surface area contributed by atoms with Crippen molar-refractivity contribution in [1.29, 1.82) is 0 Å². The molecule has 0 amide bonds. The average Bonchev–Trinajstić information content (AvgIpc) is 3.26. The van der Waals surface area contributed by atoms with Crippen LogP contribution in [0.3, 0.4) is 0 Å². The van der Waals surface area contributed by atoms with Crippen LogP contribution in [0.1, 0.15) is 38.8 Å². The summed E-state index contributed by atoms with van der Waals surface area (Å²) in [5, 5.41) is 12.5. The van der Waals surface area contributed by atoms with Gasteiger partial charge in [-0.2, -0.15) is 0 Å². The molecule has 2 heterocycles. The lowest BCUT2D eigenvalue weighted by Crippen LogP contribution is -2.14. The molecule has 10 heteroatoms. The Morgan fingerprint density at radius 3 is 2.27 bits per heavy atom. The molecule has 1 aromatic carbocycles. The van der Waals surface area contributed by atoms with Crippen LogP contribution in [0.25, 0.3) is 11.1 Å². The number of hydrogen-bond donors (Lipinski definition) is 1. The summed E-state index contributed by atoms with van der Waals surface area (Å²) in [6.07, 6.45) is -0.193. The van der Waals surface area contributed by atoms with E-state index in [1.54, 1.807) is 29.6 Å². The molecule has 158 valence electrons. The molecule has 0 bridgehead atoms. The molecule has 3 aromatic rings. The Balaban J connectivity index is 1.96. The third kappa shape index (κ3) is 4.33. The van der Waals surface area contributed by atoms with E-state index in [1.165, 1.54) is 19.2 Å². The van der Waals surface area contributed by atoms with Gasteiger partial charge in [-0.3, -0.25) is 4.79 Å². The Bertz CT molecular complexity index is 1220. The number of sulfone groups is 1. The summed E-state index contributed by atoms with van der Waals surface area (Å²) < 4.78 is 24.8. The van der Waals surface area contributed by atoms with Crippen LogP contribution < -0.4 is 0 Å². The number of rotatable bonds is 7. The maximum absolute atomic E-state index is 12.8. The smallest absolute Gasteiger partial charge is 0.337 e. The number of ketones is 1. The average molecular weight is 503 g/mol. The summed E-state index contributed by atoms with van der Waals surface area (Å²) in [5.74, 6) is -1.58. The third-order valence-electron chi connectivity index (χ3n) is 4.44. The Kier molecular flexibility index (Phi) is 6.74. The van der Waals surface area contributed by atoms with Gasteiger partial charge in [0.2, 0.25) is 0 Å². The number of carbonyl (C=O) groups excluding carboxylic acids is 1. The predicted octanol–water partition coefficient (Wildman–Crippen LogP) is 6.09. The van der Waals surface area contributed by atoms with E-state index in [-0.39, 0.29) is 26.8 Å². The zero-order valence-electron chi connectivity index (χ0n) is 15.8. The van der Waals surface area contributed by atoms with Gasteiger partial charge in [-0.15, -0.1) is 22.7 Å². The molecule has 0 aliphatic heterocycles. The Labute approximate surface area is 191 Å². The molecule has 0 radical (unpaired) electrons. The third-order valence-corrected chi connectivity index (χ3v) is 9.64. The fraction of sp³-hybridized carbons (Fsp3) is 0.200. The van der Waals surface area contributed by atoms with E-state index >= 15 is 0 Å². The van der Waals surface area contributed by atoms with Gasteiger partial charge in [0.05, 0.1) is 25.6 Å². The fourth-order valence-electron chi connectivity index (χ4n) is 2.79. The second-order valence-electron chi connectivity index (χ2n) is 6.70. The minimum Gasteiger partial charge on any atom is -0.478 e. The van der Waals surface area contributed by atoms with E-state index < -0.39 is 26.8 Å². The first-order chi connectivity index (χ1) is 14.0. The molecule has 0 saturated carbocycles. The largest absolute Gasteiger partial charge is 0.478 e. The predicted molar refractivity (Wildman–Crippen MR) is 121 cm³/mol. The van der Waals surface area contributed by atoms with Crippen LogP contribution in [0, 0.1) is 0 Å². The number of benzene rings is 1. The molecule has 0 fully saturated rings. The van der Waals surface area contributed by atoms with Crippen molar-refractivity contribution < 1.29 is 23.1 Å². The number of carboxylic acid groups (broad SMARTS) is 1. The molecule has 0 spiro atoms. The highest BCUT2D eigenvalue weighted by atomic mass is 35.5. The minimum absolute atomic E-state index is 0.0402. The first-order valence-electron chi connectivity index (χ1n) is 8.67. The van der Waals surface area contributed by atoms with Gasteiger partial charge < -0.3 is 5.11 Å². The minimum atomic E-state index is -3.63. The summed E-state index contributed by atoms with van der Waals surface area (Å²) >= 11 is 14.2. The highest BCUT2D eigenvalue weighted by Gasteiger charge is 2.29. The van der Waals surface area contributed by atoms with Crippen LogP contribution in [0.5, 0.6) is 0 Å². The standard InChI is InChI=1S/C20H16Cl2O5S3/c1-10(2)30(26,27)16-9-29-19(18(16)22)14(23)7-15-17(20(24)25)13(8-28-15)11-3-5-12(21)6-4-11/h3-6,8-10H,7H2,1-2H3,(H,24,25). The first-order valence-corrected chi connectivity index (χ1v) is 12.7. The van der Waals surface area contributed by atoms with Crippen LogP contribution >= 0.6 is 45.9 Å². The van der Waals surface area contributed by atoms with E-state index in [4.69, 9.17) is 23.2 Å². The number of carboxylic acids is 1.